The molecule has 0 aromatic carbocycles. The minimum atomic E-state index is -1.29. The Bertz CT molecular complexity index is 847. The van der Waals surface area contributed by atoms with Gasteiger partial charge in [0.1, 0.15) is 17.6 Å². The summed E-state index contributed by atoms with van der Waals surface area (Å²) < 4.78 is 11.4. The fraction of sp³-hybridized carbons (Fsp3) is 0.792. The largest absolute Gasteiger partial charge is 0.462 e. The molecular formula is C24H34O7. The molecule has 0 aromatic rings. The van der Waals surface area contributed by atoms with E-state index in [0.29, 0.717) is 25.7 Å². The number of rotatable bonds is 2. The van der Waals surface area contributed by atoms with Gasteiger partial charge in [0, 0.05) is 25.2 Å². The highest BCUT2D eigenvalue weighted by Gasteiger charge is 2.77. The summed E-state index contributed by atoms with van der Waals surface area (Å²) in [5.74, 6) is -2.28. The number of carbonyl (C=O) groups is 3. The number of hydrogen-bond acceptors (Lipinski definition) is 7. The number of carbonyl (C=O) groups excluding carboxylic acids is 3. The zero-order valence-electron chi connectivity index (χ0n) is 19.0. The predicted molar refractivity (Wildman–Crippen MR) is 111 cm³/mol. The summed E-state index contributed by atoms with van der Waals surface area (Å²) in [6.45, 7) is 12.8. The summed E-state index contributed by atoms with van der Waals surface area (Å²) in [4.78, 5) is 37.5. The Labute approximate surface area is 183 Å². The summed E-state index contributed by atoms with van der Waals surface area (Å²) in [6.07, 6.45) is -1.10. The van der Waals surface area contributed by atoms with Crippen LogP contribution < -0.4 is 0 Å². The molecule has 172 valence electrons. The van der Waals surface area contributed by atoms with Gasteiger partial charge in [0.15, 0.2) is 5.78 Å². The molecule has 0 heterocycles. The second-order valence-electron chi connectivity index (χ2n) is 11.0. The molecule has 0 amide bonds. The van der Waals surface area contributed by atoms with Crippen LogP contribution in [0.25, 0.3) is 0 Å². The van der Waals surface area contributed by atoms with E-state index in [1.54, 1.807) is 0 Å². The van der Waals surface area contributed by atoms with Gasteiger partial charge in [-0.05, 0) is 48.5 Å². The lowest BCUT2D eigenvalue weighted by Crippen LogP contribution is -2.70. The van der Waals surface area contributed by atoms with Crippen molar-refractivity contribution in [3.05, 3.63) is 12.2 Å². The average molecular weight is 435 g/mol. The Kier molecular flexibility index (Phi) is 4.99. The lowest BCUT2D eigenvalue weighted by molar-refractivity contribution is -0.256. The van der Waals surface area contributed by atoms with Crippen LogP contribution in [0.15, 0.2) is 12.2 Å². The van der Waals surface area contributed by atoms with E-state index in [-0.39, 0.29) is 35.3 Å². The molecule has 0 aliphatic heterocycles. The van der Waals surface area contributed by atoms with Gasteiger partial charge in [0.2, 0.25) is 0 Å². The molecule has 4 aliphatic rings. The Morgan fingerprint density at radius 1 is 1.00 bits per heavy atom. The van der Waals surface area contributed by atoms with Gasteiger partial charge in [-0.1, -0.05) is 27.4 Å². The summed E-state index contributed by atoms with van der Waals surface area (Å²) in [7, 11) is 0. The van der Waals surface area contributed by atoms with Gasteiger partial charge < -0.3 is 19.7 Å². The van der Waals surface area contributed by atoms with Crippen molar-refractivity contribution in [1.82, 2.24) is 0 Å². The van der Waals surface area contributed by atoms with E-state index in [0.717, 1.165) is 0 Å². The maximum absolute atomic E-state index is 13.6. The van der Waals surface area contributed by atoms with Crippen molar-refractivity contribution < 1.29 is 34.1 Å². The Morgan fingerprint density at radius 3 is 2.16 bits per heavy atom. The topological polar surface area (TPSA) is 110 Å². The summed E-state index contributed by atoms with van der Waals surface area (Å²) in [5, 5.41) is 22.3. The molecule has 0 radical (unpaired) electrons. The van der Waals surface area contributed by atoms with Crippen LogP contribution >= 0.6 is 0 Å². The second kappa shape index (κ2) is 6.88. The first-order chi connectivity index (χ1) is 14.3. The zero-order valence-corrected chi connectivity index (χ0v) is 19.0. The standard InChI is InChI=1S/C24H34O7/c1-11-19-14(27)9-16-23(6)8-7-17(30-12(2)25)22(4,5)15(23)10-18(31-13(3)26)24(16,20(11)28)21(19)29/h14-19,21,27,29H,1,7-10H2,2-6H3. The van der Waals surface area contributed by atoms with Crippen molar-refractivity contribution in [2.75, 3.05) is 0 Å². The number of fused-ring (bicyclic) bond motifs is 3. The summed E-state index contributed by atoms with van der Waals surface area (Å²) in [5.41, 5.74) is -1.91. The number of aliphatic hydroxyl groups is 2. The van der Waals surface area contributed by atoms with Crippen molar-refractivity contribution in [2.24, 2.45) is 34.0 Å². The van der Waals surface area contributed by atoms with E-state index < -0.39 is 46.4 Å². The predicted octanol–water partition coefficient (Wildman–Crippen LogP) is 2.18. The van der Waals surface area contributed by atoms with Gasteiger partial charge in [-0.2, -0.15) is 0 Å². The van der Waals surface area contributed by atoms with E-state index in [2.05, 4.69) is 27.4 Å². The molecule has 4 rings (SSSR count). The lowest BCUT2D eigenvalue weighted by atomic mass is 9.39. The second-order valence-corrected chi connectivity index (χ2v) is 11.0. The van der Waals surface area contributed by atoms with Crippen LogP contribution in [0.1, 0.15) is 60.3 Å². The highest BCUT2D eigenvalue weighted by molar-refractivity contribution is 6.05. The molecule has 7 nitrogen and oxygen atoms in total. The highest BCUT2D eigenvalue weighted by atomic mass is 16.5. The molecule has 31 heavy (non-hydrogen) atoms. The molecule has 2 N–H and O–H groups in total. The first kappa shape index (κ1) is 22.5. The molecule has 2 bridgehead atoms. The molecule has 0 aromatic heterocycles. The molecule has 4 saturated carbocycles. The van der Waals surface area contributed by atoms with E-state index in [1.807, 2.05) is 0 Å². The third-order valence-corrected chi connectivity index (χ3v) is 9.25. The van der Waals surface area contributed by atoms with Gasteiger partial charge in [0.05, 0.1) is 12.2 Å². The smallest absolute Gasteiger partial charge is 0.302 e. The molecule has 4 aliphatic carbocycles. The van der Waals surface area contributed by atoms with Gasteiger partial charge in [0.25, 0.3) is 0 Å². The van der Waals surface area contributed by atoms with E-state index in [9.17, 15) is 24.6 Å². The number of ether oxygens (including phenoxy) is 2. The highest BCUT2D eigenvalue weighted by Crippen LogP contribution is 2.71. The minimum absolute atomic E-state index is 0.0457. The van der Waals surface area contributed by atoms with Crippen LogP contribution in [0.4, 0.5) is 0 Å². The first-order valence-electron chi connectivity index (χ1n) is 11.2. The van der Waals surface area contributed by atoms with Crippen LogP contribution in [-0.4, -0.2) is 52.4 Å². The Balaban J connectivity index is 1.87. The van der Waals surface area contributed by atoms with E-state index in [1.165, 1.54) is 13.8 Å². The quantitative estimate of drug-likeness (QED) is 0.506. The molecule has 7 heteroatoms. The number of esters is 2. The SMILES string of the molecule is C=C1C(=O)C23C(OC(C)=O)CC4C(C)(C)C(OC(C)=O)CCC4(C)C2CC(O)C1C3O. The third kappa shape index (κ3) is 2.75. The van der Waals surface area contributed by atoms with Crippen molar-refractivity contribution in [1.29, 1.82) is 0 Å². The minimum Gasteiger partial charge on any atom is -0.462 e. The van der Waals surface area contributed by atoms with Gasteiger partial charge in [-0.25, -0.2) is 0 Å². The fourth-order valence-corrected chi connectivity index (χ4v) is 8.04. The van der Waals surface area contributed by atoms with Crippen LogP contribution in [-0.2, 0) is 23.9 Å². The maximum atomic E-state index is 13.6. The number of Topliss-reactive ketones (excluding diaryl/α,β-unsaturated/α-hetero) is 1. The summed E-state index contributed by atoms with van der Waals surface area (Å²) >= 11 is 0. The third-order valence-electron chi connectivity index (χ3n) is 9.25. The van der Waals surface area contributed by atoms with Crippen LogP contribution in [0, 0.1) is 34.0 Å². The molecule has 9 atom stereocenters. The zero-order chi connectivity index (χ0) is 23.1. The van der Waals surface area contributed by atoms with Gasteiger partial charge in [-0.3, -0.25) is 14.4 Å². The number of aliphatic hydroxyl groups excluding tert-OH is 2. The van der Waals surface area contributed by atoms with E-state index >= 15 is 0 Å². The fourth-order valence-electron chi connectivity index (χ4n) is 8.04. The maximum Gasteiger partial charge on any atom is 0.302 e. The van der Waals surface area contributed by atoms with Gasteiger partial charge >= 0.3 is 11.9 Å². The van der Waals surface area contributed by atoms with Crippen molar-refractivity contribution in [3.63, 3.8) is 0 Å². The normalized spacial score (nSPS) is 47.9. The summed E-state index contributed by atoms with van der Waals surface area (Å²) in [6, 6.07) is 0. The van der Waals surface area contributed by atoms with Gasteiger partial charge in [-0.15, -0.1) is 0 Å². The number of hydrogen-bond donors (Lipinski definition) is 2. The average Bonchev–Trinajstić information content (AvgIpc) is 2.77. The Hall–Kier alpha value is -1.73. The van der Waals surface area contributed by atoms with Crippen LogP contribution in [0.2, 0.25) is 0 Å². The monoisotopic (exact) mass is 434 g/mol. The van der Waals surface area contributed by atoms with Crippen molar-refractivity contribution in [3.8, 4) is 0 Å². The number of ketones is 1. The van der Waals surface area contributed by atoms with E-state index in [4.69, 9.17) is 9.47 Å². The lowest BCUT2D eigenvalue weighted by Gasteiger charge is -2.66. The molecular weight excluding hydrogens is 400 g/mol. The molecule has 4 fully saturated rings. The molecule has 9 unspecified atom stereocenters. The van der Waals surface area contributed by atoms with Crippen molar-refractivity contribution in [2.45, 2.75) is 84.7 Å². The van der Waals surface area contributed by atoms with Crippen LogP contribution in [0.3, 0.4) is 0 Å². The molecule has 1 spiro atoms. The first-order valence-corrected chi connectivity index (χ1v) is 11.2. The Morgan fingerprint density at radius 2 is 1.58 bits per heavy atom. The van der Waals surface area contributed by atoms with Crippen LogP contribution in [0.5, 0.6) is 0 Å². The molecule has 0 saturated heterocycles. The van der Waals surface area contributed by atoms with Crippen molar-refractivity contribution >= 4 is 17.7 Å².